The van der Waals surface area contributed by atoms with Gasteiger partial charge in [0.1, 0.15) is 12.8 Å². The molecule has 0 spiro atoms. The van der Waals surface area contributed by atoms with Crippen LogP contribution in [0.3, 0.4) is 0 Å². The van der Waals surface area contributed by atoms with Gasteiger partial charge < -0.3 is 18.9 Å². The molecule has 0 aromatic carbocycles. The highest BCUT2D eigenvalue weighted by molar-refractivity contribution is 7.02. The van der Waals surface area contributed by atoms with Crippen molar-refractivity contribution in [3.63, 3.8) is 0 Å². The fourth-order valence-electron chi connectivity index (χ4n) is 2.03. The van der Waals surface area contributed by atoms with E-state index in [9.17, 15) is 9.59 Å². The van der Waals surface area contributed by atoms with Crippen molar-refractivity contribution in [2.45, 2.75) is 12.8 Å². The monoisotopic (exact) mass is 235 g/mol. The third-order valence-electron chi connectivity index (χ3n) is 2.72. The van der Waals surface area contributed by atoms with E-state index >= 15 is 0 Å². The summed E-state index contributed by atoms with van der Waals surface area (Å²) in [6, 6.07) is 0. The smallest absolute Gasteiger partial charge is 0.636 e. The van der Waals surface area contributed by atoms with Crippen LogP contribution in [0, 0.1) is 12.4 Å². The Kier molecular flexibility index (Phi) is 2.72. The van der Waals surface area contributed by atoms with E-state index in [-0.39, 0.29) is 19.6 Å². The minimum atomic E-state index is -2.48. The van der Waals surface area contributed by atoms with E-state index in [0.717, 1.165) is 0 Å². The van der Waals surface area contributed by atoms with Crippen LogP contribution in [0.25, 0.3) is 4.85 Å². The summed E-state index contributed by atoms with van der Waals surface area (Å²) in [5.41, 5.74) is 0. The molecule has 2 fully saturated rings. The molecule has 0 bridgehead atoms. The zero-order chi connectivity index (χ0) is 12.5. The van der Waals surface area contributed by atoms with E-state index in [1.807, 2.05) is 0 Å². The lowest BCUT2D eigenvalue weighted by molar-refractivity contribution is -0.133. The highest BCUT2D eigenvalue weighted by Crippen LogP contribution is 2.44. The molecule has 0 aliphatic carbocycles. The van der Waals surface area contributed by atoms with Gasteiger partial charge in [-0.25, -0.2) is 6.57 Å². The molecule has 0 N–H and O–H groups in total. The Morgan fingerprint density at radius 2 is 2.35 bits per heavy atom. The first-order chi connectivity index (χ1) is 8.08. The van der Waals surface area contributed by atoms with Gasteiger partial charge in [0, 0.05) is 5.82 Å². The summed E-state index contributed by atoms with van der Waals surface area (Å²) < 4.78 is 15.1. The SMILES string of the molecule is [C-]#[N+]CCOC(=O)[B-]12OC(=C)C[C+]1CC(=O)O2. The number of carbonyl (C=O) groups is 2. The summed E-state index contributed by atoms with van der Waals surface area (Å²) in [6.07, 6.45) is 0.417. The van der Waals surface area contributed by atoms with Gasteiger partial charge in [-0.1, -0.05) is 6.58 Å². The number of hydrogen-bond donors (Lipinski definition) is 0. The summed E-state index contributed by atoms with van der Waals surface area (Å²) in [6.45, 7) is 7.74. The number of ether oxygens (including phenoxy) is 1. The fraction of sp³-hybridized carbons (Fsp3) is 0.400. The zero-order valence-electron chi connectivity index (χ0n) is 9.10. The first-order valence-corrected chi connectivity index (χ1v) is 5.17. The van der Waals surface area contributed by atoms with Gasteiger partial charge in [-0.2, -0.15) is 0 Å². The van der Waals surface area contributed by atoms with Crippen LogP contribution in [0.15, 0.2) is 12.3 Å². The number of rotatable bonds is 3. The molecule has 2 saturated heterocycles. The third kappa shape index (κ3) is 1.82. The predicted molar refractivity (Wildman–Crippen MR) is 57.4 cm³/mol. The summed E-state index contributed by atoms with van der Waals surface area (Å²) in [7, 11) is 0. The molecule has 6 nitrogen and oxygen atoms in total. The van der Waals surface area contributed by atoms with Crippen molar-refractivity contribution >= 4 is 18.4 Å². The van der Waals surface area contributed by atoms with Gasteiger partial charge in [0.15, 0.2) is 6.61 Å². The maximum absolute atomic E-state index is 11.9. The minimum absolute atomic E-state index is 0.0352. The van der Waals surface area contributed by atoms with Crippen molar-refractivity contribution in [3.8, 4) is 0 Å². The Morgan fingerprint density at radius 3 is 3.06 bits per heavy atom. The van der Waals surface area contributed by atoms with Crippen molar-refractivity contribution in [2.24, 2.45) is 0 Å². The minimum Gasteiger partial charge on any atom is -0.636 e. The molecule has 0 radical (unpaired) electrons. The third-order valence-corrected chi connectivity index (χ3v) is 2.72. The van der Waals surface area contributed by atoms with E-state index in [2.05, 4.69) is 11.4 Å². The van der Waals surface area contributed by atoms with E-state index in [1.54, 1.807) is 0 Å². The van der Waals surface area contributed by atoms with Gasteiger partial charge in [0.05, 0.1) is 5.76 Å². The molecule has 1 atom stereocenters. The second-order valence-corrected chi connectivity index (χ2v) is 3.92. The number of carbonyl (C=O) groups excluding carboxylic acids is 2. The van der Waals surface area contributed by atoms with Crippen molar-refractivity contribution in [1.29, 1.82) is 0 Å². The van der Waals surface area contributed by atoms with Gasteiger partial charge in [-0.05, 0) is 0 Å². The molecular weight excluding hydrogens is 225 g/mol. The molecule has 0 aromatic rings. The van der Waals surface area contributed by atoms with E-state index in [4.69, 9.17) is 20.6 Å². The van der Waals surface area contributed by atoms with Crippen molar-refractivity contribution in [1.82, 2.24) is 0 Å². The molecule has 2 rings (SSSR count). The Bertz CT molecular complexity index is 407. The number of hydrogen-bond acceptors (Lipinski definition) is 5. The van der Waals surface area contributed by atoms with Crippen LogP contribution < -0.4 is 0 Å². The fourth-order valence-corrected chi connectivity index (χ4v) is 2.03. The van der Waals surface area contributed by atoms with E-state index < -0.39 is 18.4 Å². The maximum Gasteiger partial charge on any atom is 0.660 e. The van der Waals surface area contributed by atoms with Crippen molar-refractivity contribution in [3.05, 3.63) is 29.6 Å². The Labute approximate surface area is 98.3 Å². The Morgan fingerprint density at radius 1 is 1.59 bits per heavy atom. The second-order valence-electron chi connectivity index (χ2n) is 3.92. The topological polar surface area (TPSA) is 66.2 Å². The molecule has 1 unspecified atom stereocenters. The largest absolute Gasteiger partial charge is 0.660 e. The second kappa shape index (κ2) is 4.05. The highest BCUT2D eigenvalue weighted by atomic mass is 16.7. The predicted octanol–water partition coefficient (Wildman–Crippen LogP) is 1.06. The quantitative estimate of drug-likeness (QED) is 0.415. The van der Waals surface area contributed by atoms with Crippen LogP contribution in [-0.2, 0) is 18.8 Å². The lowest BCUT2D eigenvalue weighted by Gasteiger charge is -2.23. The van der Waals surface area contributed by atoms with Crippen molar-refractivity contribution in [2.75, 3.05) is 13.2 Å². The molecule has 17 heavy (non-hydrogen) atoms. The standard InChI is InChI=1S/C10H10BNO5/c1-7-5-8-6-9(13)17-11(8,16-7)10(14)15-4-3-12-2/h1,3-6H2. The van der Waals surface area contributed by atoms with Gasteiger partial charge in [0.2, 0.25) is 6.54 Å². The van der Waals surface area contributed by atoms with E-state index in [0.29, 0.717) is 18.0 Å². The summed E-state index contributed by atoms with van der Waals surface area (Å²) in [5, 5.41) is 0. The molecule has 88 valence electrons. The van der Waals surface area contributed by atoms with Crippen molar-refractivity contribution < 1.29 is 23.6 Å². The normalized spacial score (nSPS) is 25.9. The molecule has 2 aliphatic heterocycles. The van der Waals surface area contributed by atoms with Crippen LogP contribution in [-0.4, -0.2) is 31.5 Å². The average molecular weight is 235 g/mol. The number of allylic oxidation sites excluding steroid dienone is 1. The lowest BCUT2D eigenvalue weighted by Crippen LogP contribution is -2.49. The molecule has 7 heteroatoms. The van der Waals surface area contributed by atoms with E-state index in [1.165, 1.54) is 0 Å². The molecule has 2 aliphatic rings. The van der Waals surface area contributed by atoms with Gasteiger partial charge in [0.25, 0.3) is 5.87 Å². The lowest BCUT2D eigenvalue weighted by atomic mass is 9.49. The number of fused-ring (bicyclic) bond motifs is 1. The van der Waals surface area contributed by atoms with Crippen LogP contribution >= 0.6 is 0 Å². The van der Waals surface area contributed by atoms with Gasteiger partial charge >= 0.3 is 12.5 Å². The molecular formula is C10H10BNO5. The molecule has 0 saturated carbocycles. The average Bonchev–Trinajstić information content (AvgIpc) is 2.70. The van der Waals surface area contributed by atoms with Crippen LogP contribution in [0.5, 0.6) is 0 Å². The Hall–Kier alpha value is -2.10. The summed E-state index contributed by atoms with van der Waals surface area (Å²) in [5.74, 6) is -0.245. The molecule has 0 amide bonds. The van der Waals surface area contributed by atoms with Gasteiger partial charge in [-0.3, -0.25) is 9.59 Å². The van der Waals surface area contributed by atoms with Crippen LogP contribution in [0.1, 0.15) is 12.8 Å². The molecule has 0 aromatic heterocycles. The summed E-state index contributed by atoms with van der Waals surface area (Å²) in [4.78, 5) is 26.1. The summed E-state index contributed by atoms with van der Waals surface area (Å²) >= 11 is 0. The van der Waals surface area contributed by atoms with Crippen LogP contribution in [0.2, 0.25) is 0 Å². The number of nitrogens with zero attached hydrogens (tertiary/aromatic N) is 1. The van der Waals surface area contributed by atoms with Gasteiger partial charge in [-0.15, -0.1) is 0 Å². The van der Waals surface area contributed by atoms with Crippen LogP contribution in [0.4, 0.5) is 4.79 Å². The highest BCUT2D eigenvalue weighted by Gasteiger charge is 2.69. The Balaban J connectivity index is 2.10. The maximum atomic E-state index is 11.9. The first-order valence-electron chi connectivity index (χ1n) is 5.17. The molecule has 2 heterocycles. The zero-order valence-corrected chi connectivity index (χ0v) is 9.10. The first kappa shape index (κ1) is 11.4.